The number of rotatable bonds is 4. The van der Waals surface area contributed by atoms with Crippen LogP contribution in [0.15, 0.2) is 9.42 Å². The molecule has 1 N–H and O–H groups in total. The summed E-state index contributed by atoms with van der Waals surface area (Å²) in [5.41, 5.74) is 0.591. The van der Waals surface area contributed by atoms with Gasteiger partial charge in [-0.2, -0.15) is 0 Å². The summed E-state index contributed by atoms with van der Waals surface area (Å²) < 4.78 is 33.7. The second kappa shape index (κ2) is 5.06. The van der Waals surface area contributed by atoms with Crippen molar-refractivity contribution in [1.82, 2.24) is 9.88 Å². The molecular weight excluding hydrogens is 312 g/mol. The van der Waals surface area contributed by atoms with Crippen molar-refractivity contribution in [2.45, 2.75) is 70.2 Å². The molecule has 0 saturated heterocycles. The molecule has 23 heavy (non-hydrogen) atoms. The molecule has 0 aliphatic heterocycles. The van der Waals surface area contributed by atoms with Gasteiger partial charge in [0.1, 0.15) is 10.6 Å². The van der Waals surface area contributed by atoms with E-state index in [4.69, 9.17) is 4.52 Å². The number of hydrogen-bond acceptors (Lipinski definition) is 4. The molecule has 0 spiro atoms. The van der Waals surface area contributed by atoms with Gasteiger partial charge in [-0.1, -0.05) is 5.16 Å². The van der Waals surface area contributed by atoms with Crippen molar-refractivity contribution in [3.05, 3.63) is 11.5 Å². The van der Waals surface area contributed by atoms with Crippen molar-refractivity contribution in [2.24, 2.45) is 23.2 Å². The quantitative estimate of drug-likeness (QED) is 0.915. The average Bonchev–Trinajstić information content (AvgIpc) is 2.76. The molecule has 4 fully saturated rings. The molecule has 1 aromatic heterocycles. The van der Waals surface area contributed by atoms with Gasteiger partial charge < -0.3 is 4.52 Å². The van der Waals surface area contributed by atoms with Gasteiger partial charge >= 0.3 is 0 Å². The molecule has 4 aliphatic rings. The molecule has 1 aromatic rings. The van der Waals surface area contributed by atoms with E-state index in [2.05, 4.69) is 16.8 Å². The highest BCUT2D eigenvalue weighted by molar-refractivity contribution is 7.89. The van der Waals surface area contributed by atoms with Gasteiger partial charge in [-0.05, 0) is 82.5 Å². The first-order valence-corrected chi connectivity index (χ1v) is 10.2. The fourth-order valence-corrected chi connectivity index (χ4v) is 7.66. The summed E-state index contributed by atoms with van der Waals surface area (Å²) in [6, 6.07) is -0.0328. The molecule has 6 heteroatoms. The zero-order chi connectivity index (χ0) is 16.4. The fourth-order valence-electron chi connectivity index (χ4n) is 5.98. The summed E-state index contributed by atoms with van der Waals surface area (Å²) in [7, 11) is -3.58. The second-order valence-corrected chi connectivity index (χ2v) is 9.93. The Kier molecular flexibility index (Phi) is 3.44. The minimum absolute atomic E-state index is 0.0328. The van der Waals surface area contributed by atoms with Gasteiger partial charge in [-0.15, -0.1) is 0 Å². The third-order valence-electron chi connectivity index (χ3n) is 6.57. The minimum Gasteiger partial charge on any atom is -0.360 e. The zero-order valence-corrected chi connectivity index (χ0v) is 14.9. The molecule has 4 aliphatic carbocycles. The largest absolute Gasteiger partial charge is 0.360 e. The molecule has 1 heterocycles. The van der Waals surface area contributed by atoms with Gasteiger partial charge in [0.2, 0.25) is 10.0 Å². The summed E-state index contributed by atoms with van der Waals surface area (Å²) in [6.45, 7) is 5.40. The maximum Gasteiger partial charge on any atom is 0.246 e. The van der Waals surface area contributed by atoms with Crippen LogP contribution in [-0.2, 0) is 10.0 Å². The normalized spacial score (nSPS) is 37.3. The van der Waals surface area contributed by atoms with Gasteiger partial charge in [-0.3, -0.25) is 0 Å². The minimum atomic E-state index is -3.58. The molecule has 0 radical (unpaired) electrons. The van der Waals surface area contributed by atoms with Crippen LogP contribution < -0.4 is 4.72 Å². The van der Waals surface area contributed by atoms with Crippen LogP contribution in [0.1, 0.15) is 56.9 Å². The lowest BCUT2D eigenvalue weighted by Gasteiger charge is -2.59. The van der Waals surface area contributed by atoms with Crippen LogP contribution in [0.25, 0.3) is 0 Å². The predicted molar refractivity (Wildman–Crippen MR) is 86.4 cm³/mol. The van der Waals surface area contributed by atoms with Gasteiger partial charge in [0.15, 0.2) is 5.76 Å². The van der Waals surface area contributed by atoms with E-state index < -0.39 is 10.0 Å². The summed E-state index contributed by atoms with van der Waals surface area (Å²) in [5, 5.41) is 3.79. The summed E-state index contributed by atoms with van der Waals surface area (Å²) in [6.07, 6.45) is 7.65. The Balaban J connectivity index is 1.59. The molecule has 5 nitrogen and oxygen atoms in total. The van der Waals surface area contributed by atoms with E-state index in [1.807, 2.05) is 0 Å². The van der Waals surface area contributed by atoms with E-state index in [-0.39, 0.29) is 16.4 Å². The fraction of sp³-hybridized carbons (Fsp3) is 0.824. The first kappa shape index (κ1) is 15.6. The first-order chi connectivity index (χ1) is 10.8. The van der Waals surface area contributed by atoms with E-state index in [0.29, 0.717) is 11.5 Å². The van der Waals surface area contributed by atoms with Crippen LogP contribution >= 0.6 is 0 Å². The van der Waals surface area contributed by atoms with Crippen molar-refractivity contribution in [3.8, 4) is 0 Å². The van der Waals surface area contributed by atoms with Crippen LogP contribution in [0.4, 0.5) is 0 Å². The Morgan fingerprint density at radius 3 is 2.09 bits per heavy atom. The molecule has 0 amide bonds. The van der Waals surface area contributed by atoms with Crippen molar-refractivity contribution in [2.75, 3.05) is 0 Å². The van der Waals surface area contributed by atoms with Crippen LogP contribution in [0.3, 0.4) is 0 Å². The Labute approximate surface area is 138 Å². The van der Waals surface area contributed by atoms with Crippen LogP contribution in [0, 0.1) is 37.0 Å². The van der Waals surface area contributed by atoms with Gasteiger partial charge in [0.05, 0.1) is 0 Å². The maximum absolute atomic E-state index is 12.8. The van der Waals surface area contributed by atoms with E-state index in [1.54, 1.807) is 13.8 Å². The van der Waals surface area contributed by atoms with Crippen molar-refractivity contribution < 1.29 is 12.9 Å². The molecule has 1 atom stereocenters. The van der Waals surface area contributed by atoms with E-state index in [0.717, 1.165) is 17.8 Å². The lowest BCUT2D eigenvalue weighted by atomic mass is 9.48. The van der Waals surface area contributed by atoms with E-state index in [1.165, 1.54) is 38.5 Å². The molecule has 0 aromatic carbocycles. The zero-order valence-electron chi connectivity index (χ0n) is 14.1. The average molecular weight is 338 g/mol. The molecule has 1 unspecified atom stereocenters. The van der Waals surface area contributed by atoms with E-state index >= 15 is 0 Å². The number of hydrogen-bond donors (Lipinski definition) is 1. The molecule has 4 saturated carbocycles. The first-order valence-electron chi connectivity index (χ1n) is 8.74. The maximum atomic E-state index is 12.8. The third-order valence-corrected chi connectivity index (χ3v) is 8.36. The highest BCUT2D eigenvalue weighted by Gasteiger charge is 2.53. The Morgan fingerprint density at radius 1 is 1.13 bits per heavy atom. The lowest BCUT2D eigenvalue weighted by Crippen LogP contribution is -2.55. The number of nitrogens with one attached hydrogen (secondary N) is 1. The molecule has 4 bridgehead atoms. The SMILES string of the molecule is Cc1noc(C)c1S(=O)(=O)NC(C)C12CC3CC(CC(C3)C1)C2. The molecular formula is C17H26N2O3S. The summed E-state index contributed by atoms with van der Waals surface area (Å²) in [5.74, 6) is 2.81. The lowest BCUT2D eigenvalue weighted by molar-refractivity contribution is -0.0666. The number of nitrogens with zero attached hydrogens (tertiary/aromatic N) is 1. The van der Waals surface area contributed by atoms with Gasteiger partial charge in [0, 0.05) is 6.04 Å². The van der Waals surface area contributed by atoms with Crippen LogP contribution in [0.2, 0.25) is 0 Å². The number of aromatic nitrogens is 1. The van der Waals surface area contributed by atoms with Gasteiger partial charge in [-0.25, -0.2) is 13.1 Å². The highest BCUT2D eigenvalue weighted by atomic mass is 32.2. The number of sulfonamides is 1. The Hall–Kier alpha value is -0.880. The monoisotopic (exact) mass is 338 g/mol. The van der Waals surface area contributed by atoms with Crippen LogP contribution in [0.5, 0.6) is 0 Å². The molecule has 5 rings (SSSR count). The molecule has 128 valence electrons. The number of aryl methyl sites for hydroxylation is 2. The van der Waals surface area contributed by atoms with E-state index in [9.17, 15) is 8.42 Å². The standard InChI is InChI=1S/C17H26N2O3S/c1-10-16(11(2)22-18-10)23(20,21)19-12(3)17-7-13-4-14(8-17)6-15(5-13)9-17/h12-15,19H,4-9H2,1-3H3. The summed E-state index contributed by atoms with van der Waals surface area (Å²) >= 11 is 0. The highest BCUT2D eigenvalue weighted by Crippen LogP contribution is 2.61. The topological polar surface area (TPSA) is 72.2 Å². The third kappa shape index (κ3) is 2.45. The van der Waals surface area contributed by atoms with Crippen molar-refractivity contribution in [3.63, 3.8) is 0 Å². The van der Waals surface area contributed by atoms with Crippen molar-refractivity contribution in [1.29, 1.82) is 0 Å². The van der Waals surface area contributed by atoms with Crippen LogP contribution in [-0.4, -0.2) is 19.6 Å². The smallest absolute Gasteiger partial charge is 0.246 e. The van der Waals surface area contributed by atoms with Crippen molar-refractivity contribution >= 4 is 10.0 Å². The second-order valence-electron chi connectivity index (χ2n) is 8.28. The van der Waals surface area contributed by atoms with Gasteiger partial charge in [0.25, 0.3) is 0 Å². The Bertz CT molecular complexity index is 667. The summed E-state index contributed by atoms with van der Waals surface area (Å²) in [4.78, 5) is 0.217. The Morgan fingerprint density at radius 2 is 1.65 bits per heavy atom. The predicted octanol–water partition coefficient (Wildman–Crippen LogP) is 3.17.